The van der Waals surface area contributed by atoms with Crippen LogP contribution in [0.5, 0.6) is 0 Å². The molecule has 1 unspecified atom stereocenters. The van der Waals surface area contributed by atoms with Crippen molar-refractivity contribution in [2.24, 2.45) is 11.8 Å². The molecule has 140 valence electrons. The third-order valence-corrected chi connectivity index (χ3v) is 9.64. The van der Waals surface area contributed by atoms with Crippen molar-refractivity contribution in [3.8, 4) is 0 Å². The van der Waals surface area contributed by atoms with Crippen molar-refractivity contribution in [2.45, 2.75) is 23.1 Å². The van der Waals surface area contributed by atoms with E-state index in [4.69, 9.17) is 0 Å². The van der Waals surface area contributed by atoms with Crippen LogP contribution in [0.15, 0.2) is 21.7 Å². The molecule has 2 bridgehead atoms. The molecule has 4 aliphatic heterocycles. The van der Waals surface area contributed by atoms with Crippen molar-refractivity contribution in [1.82, 2.24) is 14.5 Å². The molecular formula is C17H27N3O2S3. The van der Waals surface area contributed by atoms with Gasteiger partial charge in [-0.05, 0) is 42.7 Å². The molecule has 0 radical (unpaired) electrons. The molecule has 0 amide bonds. The summed E-state index contributed by atoms with van der Waals surface area (Å²) in [5, 5.41) is 1.81. The van der Waals surface area contributed by atoms with E-state index in [-0.39, 0.29) is 0 Å². The quantitative estimate of drug-likeness (QED) is 0.788. The zero-order chi connectivity index (χ0) is 17.3. The number of fused-ring (bicyclic) bond motifs is 3. The van der Waals surface area contributed by atoms with Gasteiger partial charge in [0.25, 0.3) is 0 Å². The molecule has 8 heteroatoms. The minimum absolute atomic E-state index is 0.363. The highest BCUT2D eigenvalue weighted by molar-refractivity contribution is 7.99. The summed E-state index contributed by atoms with van der Waals surface area (Å²) in [6.07, 6.45) is 2.42. The molecule has 0 aliphatic carbocycles. The van der Waals surface area contributed by atoms with Crippen LogP contribution in [-0.2, 0) is 10.0 Å². The first-order valence-electron chi connectivity index (χ1n) is 9.19. The van der Waals surface area contributed by atoms with Crippen LogP contribution in [0.4, 0.5) is 0 Å². The van der Waals surface area contributed by atoms with Crippen LogP contribution in [0.1, 0.15) is 12.8 Å². The molecule has 4 saturated heterocycles. The minimum atomic E-state index is -3.34. The summed E-state index contributed by atoms with van der Waals surface area (Å²) in [5.74, 6) is 4.07. The molecule has 4 atom stereocenters. The number of piperidine rings is 3. The molecular weight excluding hydrogens is 374 g/mol. The second kappa shape index (κ2) is 7.86. The Morgan fingerprint density at radius 1 is 1.24 bits per heavy atom. The standard InChI is InChI=1S/C17H27N3O2S3/c21-25(22,17-2-1-7-24-17)18-11-16-10-14-3-4-20(16)13-15(14)12-19-5-8-23-9-6-19/h1-2,7,14-16,18H,3-6,8-13H2/t14-,15+,16+/m1/s1. The van der Waals surface area contributed by atoms with Crippen LogP contribution in [0.25, 0.3) is 0 Å². The van der Waals surface area contributed by atoms with Crippen LogP contribution in [0, 0.1) is 11.8 Å². The van der Waals surface area contributed by atoms with Gasteiger partial charge in [-0.15, -0.1) is 11.3 Å². The summed E-state index contributed by atoms with van der Waals surface area (Å²) in [5.41, 5.74) is 0. The van der Waals surface area contributed by atoms with Gasteiger partial charge in [0, 0.05) is 50.3 Å². The van der Waals surface area contributed by atoms with Gasteiger partial charge < -0.3 is 4.90 Å². The van der Waals surface area contributed by atoms with E-state index in [1.165, 1.54) is 48.9 Å². The molecule has 25 heavy (non-hydrogen) atoms. The van der Waals surface area contributed by atoms with Crippen LogP contribution in [-0.4, -0.2) is 75.0 Å². The average molecular weight is 402 g/mol. The van der Waals surface area contributed by atoms with E-state index in [0.29, 0.717) is 16.8 Å². The predicted octanol–water partition coefficient (Wildman–Crippen LogP) is 1.79. The largest absolute Gasteiger partial charge is 0.301 e. The molecule has 5 nitrogen and oxygen atoms in total. The second-order valence-electron chi connectivity index (χ2n) is 7.39. The fourth-order valence-electron chi connectivity index (χ4n) is 4.48. The van der Waals surface area contributed by atoms with Crippen molar-refractivity contribution in [2.75, 3.05) is 50.8 Å². The third-order valence-electron chi connectivity index (χ3n) is 5.88. The summed E-state index contributed by atoms with van der Waals surface area (Å²) in [6, 6.07) is 3.82. The average Bonchev–Trinajstić information content (AvgIpc) is 3.17. The van der Waals surface area contributed by atoms with Crippen molar-refractivity contribution < 1.29 is 8.42 Å². The third kappa shape index (κ3) is 4.25. The first-order chi connectivity index (χ1) is 12.1. The lowest BCUT2D eigenvalue weighted by Crippen LogP contribution is -2.58. The maximum atomic E-state index is 12.3. The molecule has 4 aliphatic rings. The van der Waals surface area contributed by atoms with Crippen LogP contribution in [0.3, 0.4) is 0 Å². The number of hydrogen-bond acceptors (Lipinski definition) is 6. The summed E-state index contributed by atoms with van der Waals surface area (Å²) in [7, 11) is -3.34. The summed E-state index contributed by atoms with van der Waals surface area (Å²) in [4.78, 5) is 5.16. The number of thioether (sulfide) groups is 1. The number of nitrogens with zero attached hydrogens (tertiary/aromatic N) is 2. The van der Waals surface area contributed by atoms with Crippen LogP contribution in [0.2, 0.25) is 0 Å². The van der Waals surface area contributed by atoms with Crippen LogP contribution >= 0.6 is 23.1 Å². The molecule has 1 aromatic rings. The van der Waals surface area contributed by atoms with E-state index in [2.05, 4.69) is 26.3 Å². The monoisotopic (exact) mass is 401 g/mol. The topological polar surface area (TPSA) is 52.7 Å². The molecule has 0 spiro atoms. The van der Waals surface area contributed by atoms with Gasteiger partial charge in [0.05, 0.1) is 0 Å². The van der Waals surface area contributed by atoms with Crippen molar-refractivity contribution in [3.63, 3.8) is 0 Å². The first kappa shape index (κ1) is 18.3. The fourth-order valence-corrected chi connectivity index (χ4v) is 7.57. The number of sulfonamides is 1. The van der Waals surface area contributed by atoms with Crippen LogP contribution < -0.4 is 4.72 Å². The minimum Gasteiger partial charge on any atom is -0.301 e. The van der Waals surface area contributed by atoms with Gasteiger partial charge in [-0.25, -0.2) is 13.1 Å². The summed E-state index contributed by atoms with van der Waals surface area (Å²) >= 11 is 3.35. The van der Waals surface area contributed by atoms with Gasteiger partial charge in [-0.2, -0.15) is 11.8 Å². The van der Waals surface area contributed by atoms with Gasteiger partial charge in [-0.3, -0.25) is 4.90 Å². The van der Waals surface area contributed by atoms with Gasteiger partial charge in [-0.1, -0.05) is 6.07 Å². The summed E-state index contributed by atoms with van der Waals surface area (Å²) in [6.45, 7) is 6.51. The Kier molecular flexibility index (Phi) is 5.74. The van der Waals surface area contributed by atoms with Gasteiger partial charge in [0.15, 0.2) is 0 Å². The Labute approximate surface area is 159 Å². The summed E-state index contributed by atoms with van der Waals surface area (Å²) < 4.78 is 27.9. The Hall–Kier alpha value is -0.120. The van der Waals surface area contributed by atoms with E-state index in [1.807, 2.05) is 5.38 Å². The number of thiophene rings is 1. The predicted molar refractivity (Wildman–Crippen MR) is 105 cm³/mol. The Balaban J connectivity index is 1.31. The second-order valence-corrected chi connectivity index (χ2v) is 11.6. The lowest BCUT2D eigenvalue weighted by molar-refractivity contribution is -0.00913. The highest BCUT2D eigenvalue weighted by Crippen LogP contribution is 2.36. The van der Waals surface area contributed by atoms with Gasteiger partial charge in [0.1, 0.15) is 4.21 Å². The molecule has 1 N–H and O–H groups in total. The van der Waals surface area contributed by atoms with Crippen molar-refractivity contribution >= 4 is 33.1 Å². The van der Waals surface area contributed by atoms with E-state index in [9.17, 15) is 8.42 Å². The smallest absolute Gasteiger partial charge is 0.250 e. The lowest BCUT2D eigenvalue weighted by Gasteiger charge is -2.51. The Bertz CT molecular complexity index is 659. The molecule has 4 fully saturated rings. The van der Waals surface area contributed by atoms with E-state index < -0.39 is 10.0 Å². The molecule has 0 saturated carbocycles. The van der Waals surface area contributed by atoms with Gasteiger partial charge >= 0.3 is 0 Å². The van der Waals surface area contributed by atoms with Crippen molar-refractivity contribution in [1.29, 1.82) is 0 Å². The van der Waals surface area contributed by atoms with E-state index in [0.717, 1.165) is 31.3 Å². The number of nitrogens with one attached hydrogen (secondary N) is 1. The number of rotatable bonds is 6. The normalized spacial score (nSPS) is 33.6. The molecule has 5 rings (SSSR count). The molecule has 5 heterocycles. The Morgan fingerprint density at radius 2 is 2.08 bits per heavy atom. The van der Waals surface area contributed by atoms with E-state index in [1.54, 1.807) is 12.1 Å². The van der Waals surface area contributed by atoms with Crippen molar-refractivity contribution in [3.05, 3.63) is 17.5 Å². The zero-order valence-corrected chi connectivity index (χ0v) is 16.9. The molecule has 1 aromatic heterocycles. The molecule has 0 aromatic carbocycles. The fraction of sp³-hybridized carbons (Fsp3) is 0.765. The maximum Gasteiger partial charge on any atom is 0.250 e. The SMILES string of the molecule is O=S(=O)(NC[C@@H]1C[C@H]2CCN1C[C@@H]2CN1CCSCC1)c1cccs1. The Morgan fingerprint density at radius 3 is 2.76 bits per heavy atom. The first-order valence-corrected chi connectivity index (χ1v) is 12.7. The number of hydrogen-bond donors (Lipinski definition) is 1. The zero-order valence-electron chi connectivity index (χ0n) is 14.5. The maximum absolute atomic E-state index is 12.3. The van der Waals surface area contributed by atoms with Gasteiger partial charge in [0.2, 0.25) is 10.0 Å². The highest BCUT2D eigenvalue weighted by atomic mass is 32.2. The van der Waals surface area contributed by atoms with E-state index >= 15 is 0 Å². The highest BCUT2D eigenvalue weighted by Gasteiger charge is 2.40. The lowest BCUT2D eigenvalue weighted by atomic mass is 9.75.